The molecule has 31 heavy (non-hydrogen) atoms. The first-order valence-corrected chi connectivity index (χ1v) is 11.2. The maximum atomic E-state index is 12.7. The van der Waals surface area contributed by atoms with Crippen molar-refractivity contribution in [1.82, 2.24) is 5.06 Å². The summed E-state index contributed by atoms with van der Waals surface area (Å²) in [5.74, 6) is -0.557. The molecule has 0 bridgehead atoms. The number of halogens is 3. The van der Waals surface area contributed by atoms with Crippen molar-refractivity contribution in [3.8, 4) is 0 Å². The summed E-state index contributed by atoms with van der Waals surface area (Å²) in [6.45, 7) is 0. The molecule has 0 radical (unpaired) electrons. The van der Waals surface area contributed by atoms with Crippen molar-refractivity contribution in [3.05, 3.63) is 77.4 Å². The van der Waals surface area contributed by atoms with E-state index in [1.807, 2.05) is 30.3 Å². The molecule has 1 unspecified atom stereocenters. The van der Waals surface area contributed by atoms with E-state index in [4.69, 9.17) is 0 Å². The monoisotopic (exact) mass is 469 g/mol. The van der Waals surface area contributed by atoms with Gasteiger partial charge in [-0.3, -0.25) is 4.79 Å². The Bertz CT molecular complexity index is 1260. The molecular formula is C20H14F3NO5S2. The van der Waals surface area contributed by atoms with Crippen LogP contribution in [0, 0.1) is 0 Å². The van der Waals surface area contributed by atoms with E-state index >= 15 is 0 Å². The van der Waals surface area contributed by atoms with Crippen molar-refractivity contribution >= 4 is 38.6 Å². The lowest BCUT2D eigenvalue weighted by Crippen LogP contribution is -2.42. The molecule has 11 heteroatoms. The van der Waals surface area contributed by atoms with Gasteiger partial charge in [0, 0.05) is 21.6 Å². The predicted molar refractivity (Wildman–Crippen MR) is 107 cm³/mol. The molecule has 4 rings (SSSR count). The topological polar surface area (TPSA) is 83.9 Å². The van der Waals surface area contributed by atoms with E-state index in [9.17, 15) is 31.5 Å². The summed E-state index contributed by atoms with van der Waals surface area (Å²) in [7, 11) is -6.14. The van der Waals surface area contributed by atoms with Gasteiger partial charge in [0.05, 0.1) is 5.56 Å². The van der Waals surface area contributed by atoms with Gasteiger partial charge in [-0.1, -0.05) is 48.5 Å². The van der Waals surface area contributed by atoms with Crippen LogP contribution in [0.5, 0.6) is 0 Å². The first kappa shape index (κ1) is 21.6. The van der Waals surface area contributed by atoms with Gasteiger partial charge in [0.1, 0.15) is 0 Å². The molecule has 0 aromatic heterocycles. The summed E-state index contributed by atoms with van der Waals surface area (Å²) in [5, 5.41) is 11.2. The second kappa shape index (κ2) is 7.83. The summed E-state index contributed by atoms with van der Waals surface area (Å²) in [4.78, 5) is 13.5. The number of nitrogens with zero attached hydrogens (tertiary/aromatic N) is 1. The lowest BCUT2D eigenvalue weighted by Gasteiger charge is -2.32. The smallest absolute Gasteiger partial charge is 0.367 e. The first-order chi connectivity index (χ1) is 14.6. The molecule has 3 aromatic carbocycles. The standard InChI is InChI=1S/C20H14F3NO5S2/c21-20(22,23)31(27,28)29-24-18(25)14-8-4-7-13-16(10-9-15(17(13)14)19(24)26)30-11-12-5-2-1-3-6-12/h1-10,18,25H,11H2. The maximum absolute atomic E-state index is 12.7. The third kappa shape index (κ3) is 3.89. The van der Waals surface area contributed by atoms with Gasteiger partial charge in [0.25, 0.3) is 5.91 Å². The minimum atomic E-state index is -6.14. The molecule has 1 atom stereocenters. The number of hydrogen-bond acceptors (Lipinski definition) is 6. The second-order valence-corrected chi connectivity index (χ2v) is 9.17. The Morgan fingerprint density at radius 1 is 1.03 bits per heavy atom. The summed E-state index contributed by atoms with van der Waals surface area (Å²) in [6, 6.07) is 17.3. The zero-order valence-electron chi connectivity index (χ0n) is 15.5. The number of amides is 1. The Morgan fingerprint density at radius 2 is 1.74 bits per heavy atom. The number of alkyl halides is 3. The Hall–Kier alpha value is -2.60. The van der Waals surface area contributed by atoms with Gasteiger partial charge in [0.2, 0.25) is 0 Å². The van der Waals surface area contributed by atoms with E-state index in [2.05, 4.69) is 4.28 Å². The normalized spacial score (nSPS) is 16.7. The molecule has 162 valence electrons. The van der Waals surface area contributed by atoms with Crippen LogP contribution in [0.2, 0.25) is 0 Å². The molecule has 1 aliphatic rings. The van der Waals surface area contributed by atoms with Crippen LogP contribution in [0.4, 0.5) is 13.2 Å². The van der Waals surface area contributed by atoms with Gasteiger partial charge in [-0.05, 0) is 23.1 Å². The van der Waals surface area contributed by atoms with Crippen molar-refractivity contribution < 1.29 is 35.8 Å². The van der Waals surface area contributed by atoms with Gasteiger partial charge < -0.3 is 5.11 Å². The van der Waals surface area contributed by atoms with E-state index in [0.29, 0.717) is 16.5 Å². The number of aliphatic hydroxyl groups excluding tert-OH is 1. The largest absolute Gasteiger partial charge is 0.525 e. The highest BCUT2D eigenvalue weighted by molar-refractivity contribution is 7.98. The van der Waals surface area contributed by atoms with Crippen molar-refractivity contribution in [2.45, 2.75) is 22.4 Å². The van der Waals surface area contributed by atoms with Crippen LogP contribution >= 0.6 is 11.8 Å². The van der Waals surface area contributed by atoms with E-state index in [-0.39, 0.29) is 16.2 Å². The number of carbonyl (C=O) groups is 1. The Morgan fingerprint density at radius 3 is 2.42 bits per heavy atom. The third-order valence-corrected chi connectivity index (χ3v) is 6.73. The van der Waals surface area contributed by atoms with Crippen LogP contribution in [-0.2, 0) is 20.2 Å². The van der Waals surface area contributed by atoms with Gasteiger partial charge in [-0.15, -0.1) is 16.0 Å². The summed E-state index contributed by atoms with van der Waals surface area (Å²) in [5.41, 5.74) is -4.69. The lowest BCUT2D eigenvalue weighted by atomic mass is 9.94. The van der Waals surface area contributed by atoms with Crippen molar-refractivity contribution in [2.75, 3.05) is 0 Å². The van der Waals surface area contributed by atoms with Crippen molar-refractivity contribution in [3.63, 3.8) is 0 Å². The molecule has 0 saturated heterocycles. The van der Waals surface area contributed by atoms with Crippen molar-refractivity contribution in [2.24, 2.45) is 0 Å². The molecule has 1 heterocycles. The van der Waals surface area contributed by atoms with Crippen LogP contribution in [0.1, 0.15) is 27.7 Å². The van der Waals surface area contributed by atoms with Gasteiger partial charge >= 0.3 is 15.6 Å². The van der Waals surface area contributed by atoms with Crippen LogP contribution in [0.3, 0.4) is 0 Å². The molecule has 6 nitrogen and oxygen atoms in total. The molecule has 0 spiro atoms. The van der Waals surface area contributed by atoms with Gasteiger partial charge in [-0.25, -0.2) is 0 Å². The molecule has 1 N–H and O–H groups in total. The third-order valence-electron chi connectivity index (χ3n) is 4.66. The quantitative estimate of drug-likeness (QED) is 0.442. The molecule has 0 aliphatic carbocycles. The summed E-state index contributed by atoms with van der Waals surface area (Å²) < 4.78 is 64.9. The molecular weight excluding hydrogens is 455 g/mol. The highest BCUT2D eigenvalue weighted by Gasteiger charge is 2.51. The number of rotatable bonds is 5. The van der Waals surface area contributed by atoms with E-state index in [0.717, 1.165) is 10.5 Å². The number of aliphatic hydroxyl groups is 1. The Balaban J connectivity index is 1.73. The average Bonchev–Trinajstić information content (AvgIpc) is 2.73. The summed E-state index contributed by atoms with van der Waals surface area (Å²) in [6.07, 6.45) is -2.03. The molecule has 0 fully saturated rings. The van der Waals surface area contributed by atoms with Crippen LogP contribution < -0.4 is 0 Å². The lowest BCUT2D eigenvalue weighted by molar-refractivity contribution is -0.151. The number of hydroxylamine groups is 2. The van der Waals surface area contributed by atoms with Gasteiger partial charge in [0.15, 0.2) is 6.23 Å². The van der Waals surface area contributed by atoms with E-state index in [1.54, 1.807) is 18.2 Å². The maximum Gasteiger partial charge on any atom is 0.525 e. The van der Waals surface area contributed by atoms with Gasteiger partial charge in [-0.2, -0.15) is 26.7 Å². The fourth-order valence-electron chi connectivity index (χ4n) is 3.24. The Kier molecular flexibility index (Phi) is 5.46. The zero-order chi connectivity index (χ0) is 22.4. The predicted octanol–water partition coefficient (Wildman–Crippen LogP) is 4.36. The molecule has 0 saturated carbocycles. The van der Waals surface area contributed by atoms with Crippen molar-refractivity contribution in [1.29, 1.82) is 0 Å². The number of hydrogen-bond donors (Lipinski definition) is 1. The summed E-state index contributed by atoms with van der Waals surface area (Å²) >= 11 is 1.49. The van der Waals surface area contributed by atoms with Crippen LogP contribution in [-0.4, -0.2) is 30.0 Å². The fourth-order valence-corrected chi connectivity index (χ4v) is 4.69. The molecule has 1 aliphatic heterocycles. The zero-order valence-corrected chi connectivity index (χ0v) is 17.2. The minimum Gasteiger partial charge on any atom is -0.367 e. The number of thioether (sulfide) groups is 1. The first-order valence-electron chi connectivity index (χ1n) is 8.85. The van der Waals surface area contributed by atoms with E-state index < -0.39 is 27.8 Å². The van der Waals surface area contributed by atoms with Crippen LogP contribution in [0.25, 0.3) is 10.8 Å². The van der Waals surface area contributed by atoms with E-state index in [1.165, 1.54) is 23.9 Å². The minimum absolute atomic E-state index is 0.0617. The SMILES string of the molecule is O=C1c2ccc(SCc3ccccc3)c3cccc(c23)C(O)N1OS(=O)(=O)C(F)(F)F. The Labute approximate surface area is 179 Å². The molecule has 3 aromatic rings. The highest BCUT2D eigenvalue weighted by atomic mass is 32.2. The highest BCUT2D eigenvalue weighted by Crippen LogP contribution is 2.41. The molecule has 1 amide bonds. The number of carbonyl (C=O) groups excluding carboxylic acids is 1. The van der Waals surface area contributed by atoms with Crippen LogP contribution in [0.15, 0.2) is 65.6 Å². The average molecular weight is 469 g/mol. The second-order valence-electron chi connectivity index (χ2n) is 6.63. The fraction of sp³-hybridized carbons (Fsp3) is 0.150. The number of benzene rings is 3.